The first-order valence-corrected chi connectivity index (χ1v) is 14.7. The zero-order valence-corrected chi connectivity index (χ0v) is 25.3. The number of amides is 6. The highest BCUT2D eigenvalue weighted by Crippen LogP contribution is 2.33. The van der Waals surface area contributed by atoms with Crippen LogP contribution in [0.5, 0.6) is 5.75 Å². The first kappa shape index (κ1) is 35.5. The van der Waals surface area contributed by atoms with E-state index in [1.807, 2.05) is 0 Å². The molecular weight excluding hydrogens is 596 g/mol. The molecule has 0 radical (unpaired) electrons. The normalized spacial score (nSPS) is 16.0. The fraction of sp³-hybridized carbons (Fsp3) is 0.586. The molecule has 1 atom stereocenters. The van der Waals surface area contributed by atoms with Crippen LogP contribution in [0, 0.1) is 0 Å². The predicted molar refractivity (Wildman–Crippen MR) is 154 cm³/mol. The number of piperidine rings is 1. The smallest absolute Gasteiger partial charge is 0.266 e. The van der Waals surface area contributed by atoms with Gasteiger partial charge < -0.3 is 39.1 Å². The van der Waals surface area contributed by atoms with Gasteiger partial charge >= 0.3 is 0 Å². The van der Waals surface area contributed by atoms with Gasteiger partial charge in [-0.25, -0.2) is 0 Å². The van der Waals surface area contributed by atoms with E-state index in [2.05, 4.69) is 16.0 Å². The number of hydrogen-bond donors (Lipinski definition) is 3. The van der Waals surface area contributed by atoms with Crippen molar-refractivity contribution < 1.29 is 57.2 Å². The van der Waals surface area contributed by atoms with E-state index in [4.69, 9.17) is 28.4 Å². The third kappa shape index (κ3) is 11.8. The molecule has 1 aromatic rings. The number of nitrogens with zero attached hydrogens (tertiary/aromatic N) is 1. The largest absolute Gasteiger partial charge is 0.483 e. The van der Waals surface area contributed by atoms with Gasteiger partial charge in [-0.05, 0) is 18.6 Å². The maximum absolute atomic E-state index is 13.1. The Balaban J connectivity index is 1.18. The molecule has 16 nitrogen and oxygen atoms in total. The van der Waals surface area contributed by atoms with Crippen molar-refractivity contribution in [3.8, 4) is 5.75 Å². The highest BCUT2D eigenvalue weighted by molar-refractivity contribution is 6.24. The van der Waals surface area contributed by atoms with Gasteiger partial charge in [0, 0.05) is 26.4 Å². The average Bonchev–Trinajstić information content (AvgIpc) is 3.26. The number of ether oxygens (including phenoxy) is 6. The van der Waals surface area contributed by atoms with E-state index in [9.17, 15) is 28.8 Å². The molecule has 0 bridgehead atoms. The Bertz CT molecular complexity index is 1190. The molecule has 2 aliphatic rings. The molecule has 1 fully saturated rings. The van der Waals surface area contributed by atoms with Crippen LogP contribution in [0.1, 0.15) is 40.5 Å². The Labute approximate surface area is 260 Å². The van der Waals surface area contributed by atoms with Crippen molar-refractivity contribution in [3.63, 3.8) is 0 Å². The number of hydrogen-bond acceptors (Lipinski definition) is 12. The van der Waals surface area contributed by atoms with Crippen molar-refractivity contribution in [1.29, 1.82) is 0 Å². The zero-order chi connectivity index (χ0) is 32.4. The topological polar surface area (TPSA) is 197 Å². The summed E-state index contributed by atoms with van der Waals surface area (Å²) in [7, 11) is 0. The molecule has 1 saturated heterocycles. The molecule has 6 amide bonds. The molecule has 16 heteroatoms. The Morgan fingerprint density at radius 3 is 1.91 bits per heavy atom. The number of rotatable bonds is 22. The molecule has 2 aliphatic heterocycles. The molecule has 2 heterocycles. The SMILES string of the molecule is CC(=O)NCCOCCOCCOCCOCCOCCNC(=O)COc1cccc2c1C(=O)N(C1CCC(=O)NC1=O)C2=O. The lowest BCUT2D eigenvalue weighted by molar-refractivity contribution is -0.136. The van der Waals surface area contributed by atoms with Gasteiger partial charge in [0.05, 0.1) is 77.2 Å². The van der Waals surface area contributed by atoms with Gasteiger partial charge in [-0.3, -0.25) is 39.0 Å². The van der Waals surface area contributed by atoms with Gasteiger partial charge in [-0.15, -0.1) is 0 Å². The van der Waals surface area contributed by atoms with Gasteiger partial charge in [0.25, 0.3) is 17.7 Å². The van der Waals surface area contributed by atoms with Crippen LogP contribution in [-0.2, 0) is 42.9 Å². The second kappa shape index (κ2) is 19.4. The van der Waals surface area contributed by atoms with Crippen LogP contribution in [0.3, 0.4) is 0 Å². The highest BCUT2D eigenvalue weighted by atomic mass is 16.6. The molecule has 0 spiro atoms. The van der Waals surface area contributed by atoms with Crippen molar-refractivity contribution in [1.82, 2.24) is 20.9 Å². The molecule has 0 aromatic heterocycles. The minimum atomic E-state index is -1.10. The van der Waals surface area contributed by atoms with E-state index >= 15 is 0 Å². The van der Waals surface area contributed by atoms with E-state index in [1.165, 1.54) is 25.1 Å². The highest BCUT2D eigenvalue weighted by Gasteiger charge is 2.46. The summed E-state index contributed by atoms with van der Waals surface area (Å²) in [4.78, 5) is 73.5. The molecule has 1 aromatic carbocycles. The first-order valence-electron chi connectivity index (χ1n) is 14.7. The molecule has 0 aliphatic carbocycles. The van der Waals surface area contributed by atoms with E-state index in [1.54, 1.807) is 0 Å². The maximum atomic E-state index is 13.1. The zero-order valence-electron chi connectivity index (χ0n) is 25.3. The molecular formula is C29H40N4O12. The van der Waals surface area contributed by atoms with Crippen molar-refractivity contribution in [2.24, 2.45) is 0 Å². The number of benzene rings is 1. The summed E-state index contributed by atoms with van der Waals surface area (Å²) in [5.74, 6) is -3.05. The Morgan fingerprint density at radius 2 is 1.36 bits per heavy atom. The quantitative estimate of drug-likeness (QED) is 0.102. The molecule has 248 valence electrons. The van der Waals surface area contributed by atoms with Crippen LogP contribution in [-0.4, -0.2) is 132 Å². The van der Waals surface area contributed by atoms with E-state index in [0.717, 1.165) is 4.90 Å². The second-order valence-corrected chi connectivity index (χ2v) is 9.81. The third-order valence-electron chi connectivity index (χ3n) is 6.47. The summed E-state index contributed by atoms with van der Waals surface area (Å²) >= 11 is 0. The number of fused-ring (bicyclic) bond motifs is 1. The molecule has 0 saturated carbocycles. The van der Waals surface area contributed by atoms with Crippen molar-refractivity contribution in [2.45, 2.75) is 25.8 Å². The van der Waals surface area contributed by atoms with Crippen LogP contribution in [0.25, 0.3) is 0 Å². The Kier molecular flexibility index (Phi) is 15.3. The van der Waals surface area contributed by atoms with Crippen LogP contribution >= 0.6 is 0 Å². The van der Waals surface area contributed by atoms with Crippen LogP contribution in [0.15, 0.2) is 18.2 Å². The van der Waals surface area contributed by atoms with Gasteiger partial charge in [0.1, 0.15) is 11.8 Å². The van der Waals surface area contributed by atoms with Crippen LogP contribution in [0.2, 0.25) is 0 Å². The molecule has 45 heavy (non-hydrogen) atoms. The fourth-order valence-corrected chi connectivity index (χ4v) is 4.34. The molecule has 1 unspecified atom stereocenters. The number of carbonyl (C=O) groups excluding carboxylic acids is 6. The van der Waals surface area contributed by atoms with E-state index in [0.29, 0.717) is 66.0 Å². The van der Waals surface area contributed by atoms with Gasteiger partial charge in [0.2, 0.25) is 17.7 Å². The molecule has 3 rings (SSSR count). The third-order valence-corrected chi connectivity index (χ3v) is 6.47. The average molecular weight is 637 g/mol. The predicted octanol–water partition coefficient (Wildman–Crippen LogP) is -1.20. The summed E-state index contributed by atoms with van der Waals surface area (Å²) in [5, 5.41) is 7.41. The van der Waals surface area contributed by atoms with Gasteiger partial charge in [0.15, 0.2) is 6.61 Å². The lowest BCUT2D eigenvalue weighted by atomic mass is 10.0. The lowest BCUT2D eigenvalue weighted by Gasteiger charge is -2.27. The summed E-state index contributed by atoms with van der Waals surface area (Å²) < 4.78 is 32.5. The lowest BCUT2D eigenvalue weighted by Crippen LogP contribution is -2.54. The standard InChI is InChI=1S/C29H40N4O12/c1-20(34)30-7-9-40-11-13-42-15-17-44-18-16-43-14-12-41-10-8-31-25(36)19-45-23-4-2-3-21-26(23)29(39)33(28(21)38)22-5-6-24(35)32-27(22)37/h2-4,22H,5-19H2,1H3,(H,30,34)(H,31,36)(H,32,35,37). The fourth-order valence-electron chi connectivity index (χ4n) is 4.34. The monoisotopic (exact) mass is 636 g/mol. The van der Waals surface area contributed by atoms with Gasteiger partial charge in [-0.1, -0.05) is 6.07 Å². The van der Waals surface area contributed by atoms with Crippen LogP contribution in [0.4, 0.5) is 0 Å². The number of nitrogens with one attached hydrogen (secondary N) is 3. The summed E-state index contributed by atoms with van der Waals surface area (Å²) in [5.41, 5.74) is 0.0354. The van der Waals surface area contributed by atoms with Crippen molar-refractivity contribution >= 4 is 35.4 Å². The summed E-state index contributed by atoms with van der Waals surface area (Å²) in [6.45, 7) is 5.65. The van der Waals surface area contributed by atoms with Gasteiger partial charge in [-0.2, -0.15) is 0 Å². The minimum Gasteiger partial charge on any atom is -0.483 e. The summed E-state index contributed by atoms with van der Waals surface area (Å²) in [6.07, 6.45) is 0.0499. The Morgan fingerprint density at radius 1 is 0.800 bits per heavy atom. The Hall–Kier alpha value is -3.96. The van der Waals surface area contributed by atoms with Crippen molar-refractivity contribution in [3.05, 3.63) is 29.3 Å². The number of imide groups is 2. The first-order chi connectivity index (χ1) is 21.8. The van der Waals surface area contributed by atoms with Crippen molar-refractivity contribution in [2.75, 3.05) is 85.8 Å². The maximum Gasteiger partial charge on any atom is 0.266 e. The van der Waals surface area contributed by atoms with E-state index < -0.39 is 42.2 Å². The summed E-state index contributed by atoms with van der Waals surface area (Å²) in [6, 6.07) is 3.32. The molecule has 3 N–H and O–H groups in total. The minimum absolute atomic E-state index is 0.0125. The number of carbonyl (C=O) groups is 6. The second-order valence-electron chi connectivity index (χ2n) is 9.81. The van der Waals surface area contributed by atoms with E-state index in [-0.39, 0.29) is 48.8 Å². The van der Waals surface area contributed by atoms with Crippen LogP contribution < -0.4 is 20.7 Å².